The average Bonchev–Trinajstić information content (AvgIpc) is 1.88. The maximum atomic E-state index is 10.4. The van der Waals surface area contributed by atoms with Gasteiger partial charge in [0.05, 0.1) is 0 Å². The Kier molecular flexibility index (Phi) is 2.24. The van der Waals surface area contributed by atoms with Crippen molar-refractivity contribution in [2.24, 2.45) is 0 Å². The van der Waals surface area contributed by atoms with E-state index in [0.29, 0.717) is 13.1 Å². The number of carboxylic acid groups (broad SMARTS) is 1. The number of carbonyl (C=O) groups is 1. The third kappa shape index (κ3) is 1.68. The van der Waals surface area contributed by atoms with Gasteiger partial charge in [-0.15, -0.1) is 0 Å². The highest BCUT2D eigenvalue weighted by molar-refractivity contribution is 5.73. The van der Waals surface area contributed by atoms with Crippen LogP contribution in [0, 0.1) is 0 Å². The maximum absolute atomic E-state index is 10.4. The van der Waals surface area contributed by atoms with Crippen molar-refractivity contribution in [1.29, 1.82) is 0 Å². The molecule has 1 aliphatic heterocycles. The Hall–Kier alpha value is -0.610. The first-order valence-electron chi connectivity index (χ1n) is 3.28. The van der Waals surface area contributed by atoms with E-state index >= 15 is 0 Å². The number of rotatable bonds is 1. The van der Waals surface area contributed by atoms with Crippen molar-refractivity contribution >= 4 is 5.97 Å². The molecule has 1 heterocycles. The molecule has 4 nitrogen and oxygen atoms in total. The molecule has 1 saturated heterocycles. The molecule has 0 aliphatic carbocycles. The monoisotopic (exact) mass is 143 g/mol. The van der Waals surface area contributed by atoms with E-state index in [4.69, 9.17) is 5.11 Å². The highest BCUT2D eigenvalue weighted by Crippen LogP contribution is 1.96. The van der Waals surface area contributed by atoms with Crippen LogP contribution in [0.2, 0.25) is 0 Å². The summed E-state index contributed by atoms with van der Waals surface area (Å²) in [5, 5.41) is 12.5. The molecule has 0 bridgehead atoms. The summed E-state index contributed by atoms with van der Waals surface area (Å²) in [4.78, 5) is 12.4. The summed E-state index contributed by atoms with van der Waals surface area (Å²) in [6.07, 6.45) is 0. The predicted octanol–water partition coefficient (Wildman–Crippen LogP) is -1.01. The lowest BCUT2D eigenvalue weighted by molar-refractivity contribution is -0.140. The first kappa shape index (κ1) is 7.50. The van der Waals surface area contributed by atoms with Gasteiger partial charge in [-0.1, -0.05) is 0 Å². The zero-order valence-corrected chi connectivity index (χ0v) is 5.95. The van der Waals surface area contributed by atoms with Crippen LogP contribution in [-0.2, 0) is 4.79 Å². The van der Waals surface area contributed by atoms with Gasteiger partial charge in [0.1, 0.15) is 6.04 Å². The van der Waals surface area contributed by atoms with Crippen molar-refractivity contribution < 1.29 is 9.90 Å². The molecule has 1 radical (unpaired) electrons. The normalized spacial score (nSPS) is 28.3. The Bertz CT molecular complexity index is 138. The Morgan fingerprint density at radius 2 is 2.50 bits per heavy atom. The molecule has 0 saturated carbocycles. The molecule has 1 atom stereocenters. The van der Waals surface area contributed by atoms with Crippen molar-refractivity contribution in [2.75, 3.05) is 26.7 Å². The molecule has 0 spiro atoms. The highest BCUT2D eigenvalue weighted by Gasteiger charge is 2.23. The van der Waals surface area contributed by atoms with Gasteiger partial charge < -0.3 is 10.0 Å². The second-order valence-corrected chi connectivity index (χ2v) is 2.52. The van der Waals surface area contributed by atoms with Crippen molar-refractivity contribution in [1.82, 2.24) is 10.2 Å². The van der Waals surface area contributed by atoms with Gasteiger partial charge in [0.15, 0.2) is 0 Å². The fraction of sp³-hybridized carbons (Fsp3) is 0.833. The second kappa shape index (κ2) is 2.98. The van der Waals surface area contributed by atoms with Crippen LogP contribution in [0.1, 0.15) is 0 Å². The lowest BCUT2D eigenvalue weighted by Gasteiger charge is -2.26. The summed E-state index contributed by atoms with van der Waals surface area (Å²) in [6, 6.07) is -0.501. The van der Waals surface area contributed by atoms with Crippen LogP contribution in [0.15, 0.2) is 0 Å². The van der Waals surface area contributed by atoms with E-state index < -0.39 is 12.0 Å². The number of piperazine rings is 1. The molecule has 1 fully saturated rings. The number of likely N-dealkylation sites (N-methyl/N-ethyl adjacent to an activating group) is 1. The molecule has 1 aliphatic rings. The first-order chi connectivity index (χ1) is 4.70. The molecule has 1 unspecified atom stereocenters. The van der Waals surface area contributed by atoms with Gasteiger partial charge in [-0.05, 0) is 7.05 Å². The Balaban J connectivity index is 2.39. The van der Waals surface area contributed by atoms with Gasteiger partial charge in [-0.3, -0.25) is 4.79 Å². The molecule has 0 aromatic heterocycles. The summed E-state index contributed by atoms with van der Waals surface area (Å²) in [7, 11) is 1.91. The first-order valence-corrected chi connectivity index (χ1v) is 3.28. The summed E-state index contributed by atoms with van der Waals surface area (Å²) >= 11 is 0. The van der Waals surface area contributed by atoms with Crippen molar-refractivity contribution in [3.05, 3.63) is 0 Å². The van der Waals surface area contributed by atoms with Crippen LogP contribution in [0.4, 0.5) is 0 Å². The molecular formula is C6H11N2O2. The van der Waals surface area contributed by atoms with E-state index in [0.717, 1.165) is 6.54 Å². The fourth-order valence-corrected chi connectivity index (χ4v) is 0.985. The number of hydrogen-bond acceptors (Lipinski definition) is 2. The summed E-state index contributed by atoms with van der Waals surface area (Å²) < 4.78 is 0. The molecular weight excluding hydrogens is 132 g/mol. The van der Waals surface area contributed by atoms with Gasteiger partial charge in [0.2, 0.25) is 0 Å². The number of carboxylic acids is 1. The third-order valence-corrected chi connectivity index (χ3v) is 1.60. The van der Waals surface area contributed by atoms with Crippen LogP contribution in [0.25, 0.3) is 0 Å². The molecule has 10 heavy (non-hydrogen) atoms. The van der Waals surface area contributed by atoms with Gasteiger partial charge >= 0.3 is 5.97 Å². The number of aliphatic carboxylic acids is 1. The van der Waals surface area contributed by atoms with Crippen molar-refractivity contribution in [3.63, 3.8) is 0 Å². The minimum atomic E-state index is -0.813. The SMILES string of the molecule is CN1CC[N]C(C(=O)O)C1. The Labute approximate surface area is 59.8 Å². The molecule has 1 rings (SSSR count). The maximum Gasteiger partial charge on any atom is 0.323 e. The zero-order chi connectivity index (χ0) is 7.56. The van der Waals surface area contributed by atoms with E-state index in [1.807, 2.05) is 11.9 Å². The second-order valence-electron chi connectivity index (χ2n) is 2.52. The Morgan fingerprint density at radius 3 is 2.90 bits per heavy atom. The van der Waals surface area contributed by atoms with Crippen LogP contribution in [0.5, 0.6) is 0 Å². The van der Waals surface area contributed by atoms with Gasteiger partial charge in [0, 0.05) is 19.6 Å². The molecule has 0 amide bonds. The largest absolute Gasteiger partial charge is 0.480 e. The van der Waals surface area contributed by atoms with E-state index in [2.05, 4.69) is 5.32 Å². The van der Waals surface area contributed by atoms with E-state index in [9.17, 15) is 4.79 Å². The highest BCUT2D eigenvalue weighted by atomic mass is 16.4. The smallest absolute Gasteiger partial charge is 0.323 e. The van der Waals surface area contributed by atoms with Crippen LogP contribution < -0.4 is 5.32 Å². The summed E-state index contributed by atoms with van der Waals surface area (Å²) in [5.74, 6) is -0.813. The predicted molar refractivity (Wildman–Crippen MR) is 35.9 cm³/mol. The van der Waals surface area contributed by atoms with Crippen molar-refractivity contribution in [3.8, 4) is 0 Å². The van der Waals surface area contributed by atoms with E-state index in [1.54, 1.807) is 0 Å². The fourth-order valence-electron chi connectivity index (χ4n) is 0.985. The quantitative estimate of drug-likeness (QED) is 0.511. The van der Waals surface area contributed by atoms with E-state index in [-0.39, 0.29) is 0 Å². The topological polar surface area (TPSA) is 54.6 Å². The standard InChI is InChI=1S/C6H11N2O2/c1-8-3-2-7-5(4-8)6(9)10/h5H,2-4H2,1H3,(H,9,10). The van der Waals surface area contributed by atoms with E-state index in [1.165, 1.54) is 0 Å². The molecule has 0 aromatic rings. The van der Waals surface area contributed by atoms with Crippen molar-refractivity contribution in [2.45, 2.75) is 6.04 Å². The lowest BCUT2D eigenvalue weighted by atomic mass is 10.2. The minimum Gasteiger partial charge on any atom is -0.480 e. The third-order valence-electron chi connectivity index (χ3n) is 1.60. The average molecular weight is 143 g/mol. The molecule has 0 aromatic carbocycles. The summed E-state index contributed by atoms with van der Waals surface area (Å²) in [6.45, 7) is 2.08. The van der Waals surface area contributed by atoms with Crippen LogP contribution in [-0.4, -0.2) is 48.7 Å². The zero-order valence-electron chi connectivity index (χ0n) is 5.95. The van der Waals surface area contributed by atoms with Crippen LogP contribution >= 0.6 is 0 Å². The molecule has 57 valence electrons. The summed E-state index contributed by atoms with van der Waals surface area (Å²) in [5.41, 5.74) is 0. The minimum absolute atomic E-state index is 0.501. The van der Waals surface area contributed by atoms with Gasteiger partial charge in [0.25, 0.3) is 0 Å². The molecule has 1 N–H and O–H groups in total. The number of hydrogen-bond donors (Lipinski definition) is 1. The van der Waals surface area contributed by atoms with Crippen LogP contribution in [0.3, 0.4) is 0 Å². The molecule has 4 heteroatoms. The van der Waals surface area contributed by atoms with Gasteiger partial charge in [-0.25, -0.2) is 5.32 Å². The Morgan fingerprint density at radius 1 is 1.80 bits per heavy atom. The number of nitrogens with zero attached hydrogens (tertiary/aromatic N) is 2. The lowest BCUT2D eigenvalue weighted by Crippen LogP contribution is -2.48. The van der Waals surface area contributed by atoms with Gasteiger partial charge in [-0.2, -0.15) is 0 Å².